The van der Waals surface area contributed by atoms with Crippen LogP contribution in [0.5, 0.6) is 0 Å². The van der Waals surface area contributed by atoms with Crippen LogP contribution in [0.4, 0.5) is 0 Å². The van der Waals surface area contributed by atoms with Gasteiger partial charge in [0.2, 0.25) is 0 Å². The minimum absolute atomic E-state index is 0.303. The van der Waals surface area contributed by atoms with E-state index in [0.717, 1.165) is 11.3 Å². The van der Waals surface area contributed by atoms with Crippen LogP contribution in [0.15, 0.2) is 67.0 Å². The van der Waals surface area contributed by atoms with Gasteiger partial charge in [-0.05, 0) is 29.8 Å². The van der Waals surface area contributed by atoms with Gasteiger partial charge in [0.1, 0.15) is 0 Å². The van der Waals surface area contributed by atoms with Gasteiger partial charge in [0, 0.05) is 11.2 Å². The number of hydrogen-bond acceptors (Lipinski definition) is 3. The van der Waals surface area contributed by atoms with Crippen molar-refractivity contribution in [2.45, 2.75) is 6.61 Å². The molecular weight excluding hydrogens is 314 g/mol. The van der Waals surface area contributed by atoms with E-state index in [4.69, 9.17) is 16.4 Å². The number of amides is 1. The first-order valence-corrected chi connectivity index (χ1v) is 7.37. The van der Waals surface area contributed by atoms with Crippen molar-refractivity contribution in [3.05, 3.63) is 83.1 Å². The predicted molar refractivity (Wildman–Crippen MR) is 87.3 cm³/mol. The van der Waals surface area contributed by atoms with E-state index in [1.165, 1.54) is 6.20 Å². The first kappa shape index (κ1) is 15.3. The molecule has 2 aromatic carbocycles. The second-order valence-corrected chi connectivity index (χ2v) is 5.29. The number of nitrogens with one attached hydrogen (secondary N) is 1. The molecule has 1 aromatic heterocycles. The molecule has 0 aliphatic carbocycles. The van der Waals surface area contributed by atoms with Crippen LogP contribution in [-0.4, -0.2) is 15.7 Å². The first-order valence-electron chi connectivity index (χ1n) is 6.99. The van der Waals surface area contributed by atoms with E-state index in [9.17, 15) is 4.79 Å². The van der Waals surface area contributed by atoms with E-state index in [1.807, 2.05) is 42.5 Å². The van der Waals surface area contributed by atoms with Gasteiger partial charge < -0.3 is 0 Å². The van der Waals surface area contributed by atoms with Gasteiger partial charge in [0.05, 0.1) is 24.1 Å². The molecule has 0 unspecified atom stereocenters. The van der Waals surface area contributed by atoms with Crippen molar-refractivity contribution < 1.29 is 9.63 Å². The summed E-state index contributed by atoms with van der Waals surface area (Å²) >= 11 is 5.85. The molecule has 0 spiro atoms. The van der Waals surface area contributed by atoms with Crippen molar-refractivity contribution >= 4 is 17.5 Å². The minimum Gasteiger partial charge on any atom is -0.269 e. The second-order valence-electron chi connectivity index (χ2n) is 4.86. The number of rotatable bonds is 5. The zero-order chi connectivity index (χ0) is 16.1. The normalized spacial score (nSPS) is 10.5. The van der Waals surface area contributed by atoms with Gasteiger partial charge in [-0.3, -0.25) is 9.63 Å². The fraction of sp³-hybridized carbons (Fsp3) is 0.0588. The lowest BCUT2D eigenvalue weighted by molar-refractivity contribution is 0.0233. The summed E-state index contributed by atoms with van der Waals surface area (Å²) in [5.41, 5.74) is 4.61. The van der Waals surface area contributed by atoms with Crippen LogP contribution in [0.3, 0.4) is 0 Å². The fourth-order valence-electron chi connectivity index (χ4n) is 1.99. The van der Waals surface area contributed by atoms with Crippen molar-refractivity contribution in [1.82, 2.24) is 15.3 Å². The Morgan fingerprint density at radius 3 is 2.61 bits per heavy atom. The zero-order valence-electron chi connectivity index (χ0n) is 12.1. The summed E-state index contributed by atoms with van der Waals surface area (Å²) in [6.45, 7) is 0.303. The van der Waals surface area contributed by atoms with E-state index >= 15 is 0 Å². The number of halogens is 1. The quantitative estimate of drug-likeness (QED) is 0.731. The largest absolute Gasteiger partial charge is 0.278 e. The van der Waals surface area contributed by atoms with Crippen molar-refractivity contribution in [3.8, 4) is 5.69 Å². The molecule has 1 amide bonds. The maximum Gasteiger partial charge on any atom is 0.278 e. The molecule has 0 bridgehead atoms. The molecule has 5 nitrogen and oxygen atoms in total. The Balaban J connectivity index is 1.59. The predicted octanol–water partition coefficient (Wildman–Crippen LogP) is 3.39. The molecule has 0 aliphatic heterocycles. The molecule has 6 heteroatoms. The summed E-state index contributed by atoms with van der Waals surface area (Å²) in [5, 5.41) is 4.81. The van der Waals surface area contributed by atoms with Crippen LogP contribution in [0.25, 0.3) is 5.69 Å². The molecule has 0 aliphatic rings. The van der Waals surface area contributed by atoms with Crippen LogP contribution < -0.4 is 5.48 Å². The van der Waals surface area contributed by atoms with E-state index in [1.54, 1.807) is 23.0 Å². The molecule has 1 heterocycles. The molecule has 0 atom stereocenters. The number of hydrogen-bond donors (Lipinski definition) is 1. The Kier molecular flexibility index (Phi) is 4.71. The van der Waals surface area contributed by atoms with Gasteiger partial charge in [-0.2, -0.15) is 5.10 Å². The average molecular weight is 328 g/mol. The van der Waals surface area contributed by atoms with Gasteiger partial charge in [-0.25, -0.2) is 10.2 Å². The molecular formula is C17H14ClN3O2. The Morgan fingerprint density at radius 1 is 1.13 bits per heavy atom. The van der Waals surface area contributed by atoms with Crippen molar-refractivity contribution in [1.29, 1.82) is 0 Å². The van der Waals surface area contributed by atoms with E-state index in [0.29, 0.717) is 17.2 Å². The van der Waals surface area contributed by atoms with Crippen molar-refractivity contribution in [2.24, 2.45) is 0 Å². The topological polar surface area (TPSA) is 56.1 Å². The van der Waals surface area contributed by atoms with Crippen molar-refractivity contribution in [2.75, 3.05) is 0 Å². The molecule has 3 rings (SSSR count). The lowest BCUT2D eigenvalue weighted by Gasteiger charge is -2.04. The van der Waals surface area contributed by atoms with Gasteiger partial charge >= 0.3 is 0 Å². The van der Waals surface area contributed by atoms with Crippen LogP contribution in [0.2, 0.25) is 5.02 Å². The molecule has 23 heavy (non-hydrogen) atoms. The highest BCUT2D eigenvalue weighted by atomic mass is 35.5. The summed E-state index contributed by atoms with van der Waals surface area (Å²) in [6.07, 6.45) is 3.11. The number of nitrogens with zero attached hydrogens (tertiary/aromatic N) is 2. The van der Waals surface area contributed by atoms with E-state index in [-0.39, 0.29) is 5.91 Å². The number of benzene rings is 2. The van der Waals surface area contributed by atoms with Crippen LogP contribution in [0, 0.1) is 0 Å². The van der Waals surface area contributed by atoms with Gasteiger partial charge in [-0.1, -0.05) is 41.9 Å². The zero-order valence-corrected chi connectivity index (χ0v) is 12.9. The van der Waals surface area contributed by atoms with Gasteiger partial charge in [0.25, 0.3) is 5.91 Å². The summed E-state index contributed by atoms with van der Waals surface area (Å²) in [7, 11) is 0. The second kappa shape index (κ2) is 7.09. The van der Waals surface area contributed by atoms with E-state index in [2.05, 4.69) is 10.6 Å². The Labute approximate surface area is 138 Å². The SMILES string of the molecule is O=C(NOCc1ccccc1)c1cnn(-c2ccc(Cl)cc2)c1. The lowest BCUT2D eigenvalue weighted by atomic mass is 10.2. The average Bonchev–Trinajstić information content (AvgIpc) is 3.06. The van der Waals surface area contributed by atoms with Crippen LogP contribution in [0.1, 0.15) is 15.9 Å². The summed E-state index contributed by atoms with van der Waals surface area (Å²) in [5.74, 6) is -0.346. The molecule has 1 N–H and O–H groups in total. The first-order chi connectivity index (χ1) is 11.2. The standard InChI is InChI=1S/C17H14ClN3O2/c18-15-6-8-16(9-7-15)21-11-14(10-19-21)17(22)20-23-12-13-4-2-1-3-5-13/h1-11H,12H2,(H,20,22). The van der Waals surface area contributed by atoms with Crippen LogP contribution >= 0.6 is 11.6 Å². The Bertz CT molecular complexity index is 785. The minimum atomic E-state index is -0.346. The Hall–Kier alpha value is -2.63. The smallest absolute Gasteiger partial charge is 0.269 e. The highest BCUT2D eigenvalue weighted by molar-refractivity contribution is 6.30. The van der Waals surface area contributed by atoms with E-state index < -0.39 is 0 Å². The lowest BCUT2D eigenvalue weighted by Crippen LogP contribution is -2.23. The number of carbonyl (C=O) groups excluding carboxylic acids is 1. The molecule has 116 valence electrons. The Morgan fingerprint density at radius 2 is 1.87 bits per heavy atom. The number of hydroxylamine groups is 1. The molecule has 0 radical (unpaired) electrons. The summed E-state index contributed by atoms with van der Waals surface area (Å²) in [6, 6.07) is 16.8. The summed E-state index contributed by atoms with van der Waals surface area (Å²) < 4.78 is 1.60. The van der Waals surface area contributed by atoms with Gasteiger partial charge in [-0.15, -0.1) is 0 Å². The summed E-state index contributed by atoms with van der Waals surface area (Å²) in [4.78, 5) is 17.2. The third kappa shape index (κ3) is 3.97. The maximum atomic E-state index is 12.0. The number of aromatic nitrogens is 2. The fourth-order valence-corrected chi connectivity index (χ4v) is 2.12. The third-order valence-corrected chi connectivity index (χ3v) is 3.43. The third-order valence-electron chi connectivity index (χ3n) is 3.18. The highest BCUT2D eigenvalue weighted by Gasteiger charge is 2.09. The molecule has 3 aromatic rings. The maximum absolute atomic E-state index is 12.0. The highest BCUT2D eigenvalue weighted by Crippen LogP contribution is 2.13. The molecule has 0 fully saturated rings. The number of carbonyl (C=O) groups is 1. The molecule has 0 saturated heterocycles. The monoisotopic (exact) mass is 327 g/mol. The molecule has 0 saturated carbocycles. The van der Waals surface area contributed by atoms with Crippen LogP contribution in [-0.2, 0) is 11.4 Å². The van der Waals surface area contributed by atoms with Crippen molar-refractivity contribution in [3.63, 3.8) is 0 Å². The van der Waals surface area contributed by atoms with Gasteiger partial charge in [0.15, 0.2) is 0 Å².